The zero-order chi connectivity index (χ0) is 17.7. The number of hydrogen-bond donors (Lipinski definition) is 1. The number of benzene rings is 2. The first-order valence-corrected chi connectivity index (χ1v) is 9.79. The predicted molar refractivity (Wildman–Crippen MR) is 97.0 cm³/mol. The summed E-state index contributed by atoms with van der Waals surface area (Å²) >= 11 is 0. The normalized spacial score (nSPS) is 14.7. The van der Waals surface area contributed by atoms with Gasteiger partial charge in [-0.1, -0.05) is 46.2 Å². The third-order valence-corrected chi connectivity index (χ3v) is 5.43. The zero-order valence-electron chi connectivity index (χ0n) is 14.6. The molecular weight excluding hydrogens is 322 g/mol. The molecule has 2 aromatic rings. The van der Waals surface area contributed by atoms with Crippen molar-refractivity contribution in [1.82, 2.24) is 0 Å². The molecule has 4 nitrogen and oxygen atoms in total. The van der Waals surface area contributed by atoms with Crippen LogP contribution in [0.3, 0.4) is 0 Å². The second kappa shape index (κ2) is 5.67. The van der Waals surface area contributed by atoms with E-state index in [0.29, 0.717) is 5.39 Å². The van der Waals surface area contributed by atoms with Crippen molar-refractivity contribution in [2.45, 2.75) is 45.4 Å². The summed E-state index contributed by atoms with van der Waals surface area (Å²) in [5.74, 6) is 0. The van der Waals surface area contributed by atoms with Gasteiger partial charge in [0.25, 0.3) is 10.1 Å². The van der Waals surface area contributed by atoms with Crippen LogP contribution < -0.4 is 0 Å². The minimum atomic E-state index is -4.25. The van der Waals surface area contributed by atoms with E-state index in [2.05, 4.69) is 32.3 Å². The number of hydrogen-bond acceptors (Lipinski definition) is 2. The quantitative estimate of drug-likeness (QED) is 0.660. The fourth-order valence-corrected chi connectivity index (χ4v) is 4.32. The second-order valence-electron chi connectivity index (χ2n) is 7.39. The summed E-state index contributed by atoms with van der Waals surface area (Å²) in [6, 6.07) is 9.02. The predicted octanol–water partition coefficient (Wildman–Crippen LogP) is 4.38. The summed E-state index contributed by atoms with van der Waals surface area (Å²) in [6.07, 6.45) is 2.16. The van der Waals surface area contributed by atoms with E-state index in [1.165, 1.54) is 11.8 Å². The maximum absolute atomic E-state index is 11.8. The Morgan fingerprint density at radius 1 is 1.12 bits per heavy atom. The summed E-state index contributed by atoms with van der Waals surface area (Å²) in [6.45, 7) is 9.59. The van der Waals surface area contributed by atoms with E-state index in [0.717, 1.165) is 36.0 Å². The molecule has 0 fully saturated rings. The summed E-state index contributed by atoms with van der Waals surface area (Å²) in [4.78, 5) is -0.0197. The summed E-state index contributed by atoms with van der Waals surface area (Å²) in [5.41, 5.74) is 3.24. The van der Waals surface area contributed by atoms with E-state index in [1.54, 1.807) is 6.07 Å². The van der Waals surface area contributed by atoms with Crippen molar-refractivity contribution in [2.75, 3.05) is 6.54 Å². The van der Waals surface area contributed by atoms with Gasteiger partial charge < -0.3 is 0 Å². The molecule has 1 heterocycles. The molecule has 0 saturated heterocycles. The van der Waals surface area contributed by atoms with Gasteiger partial charge in [0.2, 0.25) is 5.69 Å². The lowest BCUT2D eigenvalue weighted by Gasteiger charge is -2.17. The minimum Gasteiger partial charge on any atom is -0.282 e. The Morgan fingerprint density at radius 2 is 1.83 bits per heavy atom. The van der Waals surface area contributed by atoms with Crippen molar-refractivity contribution in [3.05, 3.63) is 35.9 Å². The Hall–Kier alpha value is -1.72. The van der Waals surface area contributed by atoms with Gasteiger partial charge in [-0.05, 0) is 12.1 Å². The highest BCUT2D eigenvalue weighted by atomic mass is 32.2. The lowest BCUT2D eigenvalue weighted by molar-refractivity contribution is -0.440. The molecule has 2 aromatic carbocycles. The van der Waals surface area contributed by atoms with Gasteiger partial charge in [0.15, 0.2) is 5.71 Å². The Morgan fingerprint density at radius 3 is 2.42 bits per heavy atom. The molecule has 3 rings (SSSR count). The van der Waals surface area contributed by atoms with Crippen molar-refractivity contribution in [3.63, 3.8) is 0 Å². The molecule has 0 aromatic heterocycles. The maximum Gasteiger partial charge on any atom is 0.295 e. The van der Waals surface area contributed by atoms with Gasteiger partial charge in [-0.2, -0.15) is 13.0 Å². The lowest BCUT2D eigenvalue weighted by atomic mass is 9.85. The first kappa shape index (κ1) is 17.1. The van der Waals surface area contributed by atoms with Gasteiger partial charge in [0, 0.05) is 23.3 Å². The van der Waals surface area contributed by atoms with Crippen LogP contribution in [0.4, 0.5) is 5.69 Å². The molecule has 0 unspecified atom stereocenters. The van der Waals surface area contributed by atoms with Crippen molar-refractivity contribution >= 4 is 32.3 Å². The Labute approximate surface area is 143 Å². The average Bonchev–Trinajstić information content (AvgIpc) is 2.80. The number of unbranched alkanes of at least 4 members (excludes halogenated alkanes) is 1. The van der Waals surface area contributed by atoms with Crippen LogP contribution in [0.5, 0.6) is 0 Å². The highest BCUT2D eigenvalue weighted by Crippen LogP contribution is 2.42. The Bertz CT molecular complexity index is 950. The molecule has 0 atom stereocenters. The number of rotatable bonds is 4. The maximum atomic E-state index is 11.8. The molecule has 1 N–H and O–H groups in total. The van der Waals surface area contributed by atoms with Crippen LogP contribution in [0.1, 0.15) is 46.1 Å². The van der Waals surface area contributed by atoms with Crippen molar-refractivity contribution < 1.29 is 17.5 Å². The molecule has 1 aliphatic rings. The van der Waals surface area contributed by atoms with Gasteiger partial charge in [-0.3, -0.25) is 4.55 Å². The summed E-state index contributed by atoms with van der Waals surface area (Å²) in [5, 5.41) is 1.52. The first-order valence-electron chi connectivity index (χ1n) is 8.35. The van der Waals surface area contributed by atoms with Gasteiger partial charge in [0.1, 0.15) is 11.4 Å². The topological polar surface area (TPSA) is 57.4 Å². The molecular formula is C19H24NO3S+. The van der Waals surface area contributed by atoms with Gasteiger partial charge in [-0.15, -0.1) is 0 Å². The SMILES string of the molecule is CCCC[N+]1=C(C(C)(C)C)c2cccc3c(S(=O)(=O)O)ccc1c23. The molecule has 0 spiro atoms. The molecule has 5 heteroatoms. The van der Waals surface area contributed by atoms with Crippen LogP contribution in [0, 0.1) is 5.41 Å². The minimum absolute atomic E-state index is 0.0197. The van der Waals surface area contributed by atoms with E-state index < -0.39 is 10.1 Å². The molecule has 24 heavy (non-hydrogen) atoms. The van der Waals surface area contributed by atoms with E-state index in [9.17, 15) is 13.0 Å². The largest absolute Gasteiger partial charge is 0.295 e. The van der Waals surface area contributed by atoms with Crippen LogP contribution in [-0.2, 0) is 10.1 Å². The van der Waals surface area contributed by atoms with Crippen LogP contribution in [0.15, 0.2) is 35.2 Å². The fourth-order valence-electron chi connectivity index (χ4n) is 3.63. The molecule has 0 bridgehead atoms. The lowest BCUT2D eigenvalue weighted by Crippen LogP contribution is -2.28. The van der Waals surface area contributed by atoms with Crippen LogP contribution in [0.2, 0.25) is 0 Å². The van der Waals surface area contributed by atoms with E-state index in [1.807, 2.05) is 18.2 Å². The van der Waals surface area contributed by atoms with E-state index in [-0.39, 0.29) is 10.3 Å². The first-order chi connectivity index (χ1) is 11.2. The Balaban J connectivity index is 2.38. The van der Waals surface area contributed by atoms with Crippen LogP contribution >= 0.6 is 0 Å². The third-order valence-electron chi connectivity index (χ3n) is 4.52. The molecule has 0 aliphatic carbocycles. The van der Waals surface area contributed by atoms with E-state index in [4.69, 9.17) is 0 Å². The highest BCUT2D eigenvalue weighted by molar-refractivity contribution is 7.86. The molecule has 128 valence electrons. The molecule has 1 aliphatic heterocycles. The third kappa shape index (κ3) is 2.66. The van der Waals surface area contributed by atoms with Crippen molar-refractivity contribution in [2.24, 2.45) is 5.41 Å². The highest BCUT2D eigenvalue weighted by Gasteiger charge is 2.39. The second-order valence-corrected chi connectivity index (χ2v) is 8.78. The Kier molecular flexibility index (Phi) is 4.04. The molecule has 0 amide bonds. The zero-order valence-corrected chi connectivity index (χ0v) is 15.4. The monoisotopic (exact) mass is 346 g/mol. The number of nitrogens with zero attached hydrogens (tertiary/aromatic N) is 1. The fraction of sp³-hybridized carbons (Fsp3) is 0.421. The molecule has 0 radical (unpaired) electrons. The average molecular weight is 346 g/mol. The van der Waals surface area contributed by atoms with Gasteiger partial charge in [0.05, 0.1) is 10.9 Å². The summed E-state index contributed by atoms with van der Waals surface area (Å²) < 4.78 is 35.4. The van der Waals surface area contributed by atoms with Gasteiger partial charge in [-0.25, -0.2) is 0 Å². The van der Waals surface area contributed by atoms with Crippen LogP contribution in [0.25, 0.3) is 10.8 Å². The van der Waals surface area contributed by atoms with E-state index >= 15 is 0 Å². The summed E-state index contributed by atoms with van der Waals surface area (Å²) in [7, 11) is -4.25. The van der Waals surface area contributed by atoms with Gasteiger partial charge >= 0.3 is 0 Å². The van der Waals surface area contributed by atoms with Crippen LogP contribution in [-0.4, -0.2) is 29.8 Å². The van der Waals surface area contributed by atoms with Crippen molar-refractivity contribution in [3.8, 4) is 0 Å². The standard InChI is InChI=1S/C19H23NO3S/c1-5-6-12-20-15-10-11-16(24(21,22)23)13-8-7-9-14(17(13)15)18(20)19(2,3)4/h7-11H,5-6,12H2,1-4H3/p+1. The van der Waals surface area contributed by atoms with Crippen molar-refractivity contribution in [1.29, 1.82) is 0 Å². The molecule has 0 saturated carbocycles. The smallest absolute Gasteiger partial charge is 0.282 e.